The molecule has 0 fully saturated rings. The summed E-state index contributed by atoms with van der Waals surface area (Å²) in [4.78, 5) is 4.11. The Morgan fingerprint density at radius 1 is 0.974 bits per heavy atom. The van der Waals surface area contributed by atoms with Gasteiger partial charge < -0.3 is 14.8 Å². The Balaban J connectivity index is 1.78. The van der Waals surface area contributed by atoms with Crippen molar-refractivity contribution in [2.45, 2.75) is 43.5 Å². The van der Waals surface area contributed by atoms with Crippen molar-refractivity contribution in [3.05, 3.63) is 101 Å². The van der Waals surface area contributed by atoms with E-state index in [0.29, 0.717) is 11.3 Å². The minimum Gasteiger partial charge on any atom is -0.392 e. The predicted molar refractivity (Wildman–Crippen MR) is 137 cm³/mol. The van der Waals surface area contributed by atoms with Crippen molar-refractivity contribution in [2.24, 2.45) is 0 Å². The van der Waals surface area contributed by atoms with Crippen LogP contribution in [0.1, 0.15) is 42.1 Å². The van der Waals surface area contributed by atoms with Gasteiger partial charge in [0.05, 0.1) is 22.8 Å². The number of sulfone groups is 1. The summed E-state index contributed by atoms with van der Waals surface area (Å²) in [6.07, 6.45) is -2.26. The zero-order chi connectivity index (χ0) is 28.8. The van der Waals surface area contributed by atoms with E-state index >= 15 is 0 Å². The molecule has 0 saturated carbocycles. The molecule has 2 N–H and O–H groups in total. The summed E-state index contributed by atoms with van der Waals surface area (Å²) < 4.78 is 81.3. The highest BCUT2D eigenvalue weighted by Crippen LogP contribution is 2.34. The number of benzene rings is 3. The number of hydrogen-bond acceptors (Lipinski definition) is 5. The van der Waals surface area contributed by atoms with Crippen molar-refractivity contribution in [3.8, 4) is 16.8 Å². The van der Waals surface area contributed by atoms with Crippen molar-refractivity contribution in [3.63, 3.8) is 0 Å². The summed E-state index contributed by atoms with van der Waals surface area (Å²) in [6.45, 7) is 2.25. The van der Waals surface area contributed by atoms with Gasteiger partial charge in [-0.15, -0.1) is 0 Å². The van der Waals surface area contributed by atoms with Gasteiger partial charge in [0.25, 0.3) is 0 Å². The molecule has 0 unspecified atom stereocenters. The Labute approximate surface area is 223 Å². The van der Waals surface area contributed by atoms with Crippen LogP contribution in [-0.2, 0) is 34.6 Å². The number of aromatic nitrogens is 2. The van der Waals surface area contributed by atoms with Crippen LogP contribution in [0.25, 0.3) is 16.8 Å². The molecule has 3 aromatic carbocycles. The second kappa shape index (κ2) is 10.2. The number of alkyl halides is 3. The number of aliphatic hydroxyl groups is 2. The molecule has 1 aromatic heterocycles. The lowest BCUT2D eigenvalue weighted by Gasteiger charge is -2.14. The summed E-state index contributed by atoms with van der Waals surface area (Å²) >= 11 is 0. The van der Waals surface area contributed by atoms with E-state index in [4.69, 9.17) is 0 Å². The molecule has 0 aliphatic carbocycles. The van der Waals surface area contributed by atoms with Gasteiger partial charge in [0.15, 0.2) is 9.84 Å². The maximum absolute atomic E-state index is 14.6. The highest BCUT2D eigenvalue weighted by molar-refractivity contribution is 7.90. The van der Waals surface area contributed by atoms with E-state index < -0.39 is 39.6 Å². The first-order chi connectivity index (χ1) is 18.1. The van der Waals surface area contributed by atoms with Gasteiger partial charge in [0, 0.05) is 30.1 Å². The summed E-state index contributed by atoms with van der Waals surface area (Å²) in [5, 5.41) is 20.0. The van der Waals surface area contributed by atoms with Gasteiger partial charge in [-0.1, -0.05) is 30.3 Å². The van der Waals surface area contributed by atoms with Crippen LogP contribution >= 0.6 is 0 Å². The number of imidazole rings is 1. The zero-order valence-corrected chi connectivity index (χ0v) is 22.1. The third-order valence-electron chi connectivity index (χ3n) is 6.27. The summed E-state index contributed by atoms with van der Waals surface area (Å²) in [7, 11) is -3.83. The fourth-order valence-electron chi connectivity index (χ4n) is 4.26. The SMILES string of the molecule is CC(C)(O)c1cn(-c2ccc(-c3cc(F)c(CO)c(S(C)(=O)=O)c3)cc2)c(Cc2ccccc2C(F)(F)F)n1. The van der Waals surface area contributed by atoms with Crippen LogP contribution in [-0.4, -0.2) is 34.4 Å². The predicted octanol–water partition coefficient (Wildman–Crippen LogP) is 5.41. The second-order valence-electron chi connectivity index (χ2n) is 9.71. The number of nitrogens with zero attached hydrogens (tertiary/aromatic N) is 2. The molecule has 0 radical (unpaired) electrons. The molecule has 206 valence electrons. The largest absolute Gasteiger partial charge is 0.416 e. The van der Waals surface area contributed by atoms with Gasteiger partial charge in [-0.25, -0.2) is 17.8 Å². The smallest absolute Gasteiger partial charge is 0.392 e. The Hall–Kier alpha value is -3.54. The molecule has 1 heterocycles. The molecule has 0 saturated heterocycles. The first-order valence-electron chi connectivity index (χ1n) is 11.8. The highest BCUT2D eigenvalue weighted by atomic mass is 32.2. The molecule has 0 aliphatic heterocycles. The van der Waals surface area contributed by atoms with Crippen molar-refractivity contribution < 1.29 is 36.2 Å². The van der Waals surface area contributed by atoms with Gasteiger partial charge in [-0.2, -0.15) is 13.2 Å². The molecule has 4 aromatic rings. The van der Waals surface area contributed by atoms with E-state index in [1.54, 1.807) is 28.8 Å². The first kappa shape index (κ1) is 28.5. The minimum atomic E-state index is -4.56. The van der Waals surface area contributed by atoms with Gasteiger partial charge in [-0.05, 0) is 60.9 Å². The number of rotatable bonds is 7. The lowest BCUT2D eigenvalue weighted by Crippen LogP contribution is -2.16. The van der Waals surface area contributed by atoms with Gasteiger partial charge >= 0.3 is 6.18 Å². The van der Waals surface area contributed by atoms with E-state index in [9.17, 15) is 36.2 Å². The van der Waals surface area contributed by atoms with Crippen LogP contribution in [0, 0.1) is 5.82 Å². The number of aliphatic hydroxyl groups excluding tert-OH is 1. The molecule has 6 nitrogen and oxygen atoms in total. The van der Waals surface area contributed by atoms with Crippen LogP contribution in [0.15, 0.2) is 71.8 Å². The van der Waals surface area contributed by atoms with Gasteiger partial charge in [-0.3, -0.25) is 0 Å². The maximum Gasteiger partial charge on any atom is 0.416 e. The number of halogens is 4. The van der Waals surface area contributed by atoms with Gasteiger partial charge in [0.1, 0.15) is 17.2 Å². The van der Waals surface area contributed by atoms with Crippen LogP contribution in [0.5, 0.6) is 0 Å². The lowest BCUT2D eigenvalue weighted by molar-refractivity contribution is -0.138. The lowest BCUT2D eigenvalue weighted by atomic mass is 10.0. The monoisotopic (exact) mass is 562 g/mol. The maximum atomic E-state index is 14.6. The zero-order valence-electron chi connectivity index (χ0n) is 21.3. The van der Waals surface area contributed by atoms with Crippen LogP contribution in [0.3, 0.4) is 0 Å². The Bertz CT molecular complexity index is 1620. The van der Waals surface area contributed by atoms with E-state index in [0.717, 1.165) is 18.4 Å². The minimum absolute atomic E-state index is 0.0171. The third kappa shape index (κ3) is 6.05. The standard InChI is InChI=1S/C28H26F4N2O4S/c1-27(2,36)25-15-34(26(33-25)14-18-6-4-5-7-22(18)28(30,31)32)20-10-8-17(9-11-20)19-12-23(29)21(16-35)24(13-19)39(3,37)38/h4-13,15,35-36H,14,16H2,1-3H3. The van der Waals surface area contributed by atoms with Crippen LogP contribution in [0.4, 0.5) is 17.6 Å². The molecule has 11 heteroatoms. The molecule has 0 amide bonds. The quantitative estimate of drug-likeness (QED) is 0.294. The van der Waals surface area contributed by atoms with Gasteiger partial charge in [0.2, 0.25) is 0 Å². The van der Waals surface area contributed by atoms with Crippen LogP contribution in [0.2, 0.25) is 0 Å². The van der Waals surface area contributed by atoms with E-state index in [1.807, 2.05) is 0 Å². The van der Waals surface area contributed by atoms with Crippen molar-refractivity contribution >= 4 is 9.84 Å². The highest BCUT2D eigenvalue weighted by Gasteiger charge is 2.33. The molecular weight excluding hydrogens is 536 g/mol. The molecule has 4 rings (SSSR count). The molecule has 0 bridgehead atoms. The topological polar surface area (TPSA) is 92.4 Å². The average molecular weight is 563 g/mol. The fraction of sp³-hybridized carbons (Fsp3) is 0.250. The van der Waals surface area contributed by atoms with E-state index in [2.05, 4.69) is 4.98 Å². The van der Waals surface area contributed by atoms with Crippen molar-refractivity contribution in [2.75, 3.05) is 6.26 Å². The van der Waals surface area contributed by atoms with Crippen molar-refractivity contribution in [1.82, 2.24) is 9.55 Å². The molecular formula is C28H26F4N2O4S. The fourth-order valence-corrected chi connectivity index (χ4v) is 5.21. The number of hydrogen-bond donors (Lipinski definition) is 2. The van der Waals surface area contributed by atoms with E-state index in [1.165, 1.54) is 44.3 Å². The molecule has 0 spiro atoms. The summed E-state index contributed by atoms with van der Waals surface area (Å²) in [5.74, 6) is -0.608. The van der Waals surface area contributed by atoms with Crippen molar-refractivity contribution in [1.29, 1.82) is 0 Å². The second-order valence-corrected chi connectivity index (χ2v) is 11.7. The average Bonchev–Trinajstić information content (AvgIpc) is 3.27. The first-order valence-corrected chi connectivity index (χ1v) is 13.7. The van der Waals surface area contributed by atoms with Crippen LogP contribution < -0.4 is 0 Å². The summed E-state index contributed by atoms with van der Waals surface area (Å²) in [6, 6.07) is 14.1. The molecule has 0 atom stereocenters. The third-order valence-corrected chi connectivity index (χ3v) is 7.43. The molecule has 0 aliphatic rings. The normalized spacial score (nSPS) is 12.6. The Morgan fingerprint density at radius 2 is 1.62 bits per heavy atom. The Morgan fingerprint density at radius 3 is 2.18 bits per heavy atom. The van der Waals surface area contributed by atoms with E-state index in [-0.39, 0.29) is 39.5 Å². The molecule has 39 heavy (non-hydrogen) atoms. The summed E-state index contributed by atoms with van der Waals surface area (Å²) in [5.41, 5.74) is -0.949. The Kier molecular flexibility index (Phi) is 7.46.